The summed E-state index contributed by atoms with van der Waals surface area (Å²) >= 11 is 1.03. The van der Waals surface area contributed by atoms with E-state index in [-0.39, 0.29) is 29.2 Å². The zero-order valence-electron chi connectivity index (χ0n) is 20.6. The first-order chi connectivity index (χ1) is 17.8. The van der Waals surface area contributed by atoms with E-state index in [1.807, 2.05) is 24.3 Å². The number of nitrogens with one attached hydrogen (secondary N) is 2. The predicted octanol–water partition coefficient (Wildman–Crippen LogP) is 3.09. The highest BCUT2D eigenvalue weighted by Crippen LogP contribution is 2.26. The summed E-state index contributed by atoms with van der Waals surface area (Å²) in [5, 5.41) is 3.04. The lowest BCUT2D eigenvalue weighted by Gasteiger charge is -2.16. The van der Waals surface area contributed by atoms with Gasteiger partial charge in [-0.2, -0.15) is 0 Å². The van der Waals surface area contributed by atoms with Crippen molar-refractivity contribution < 1.29 is 23.8 Å². The largest absolute Gasteiger partial charge is 0.497 e. The standard InChI is InChI=1S/C26H25N3O7S/c1-14(16-8-9-18(25(32)36-4)20(11-16)35-3)29-24(31)19-12-21(37-23(19)28-26(29)33)22(30)27-13-15-6-5-7-17(10-15)34-2/h5-12,14H,13H2,1-4H3,(H,27,30)(H,28,33). The van der Waals surface area contributed by atoms with Gasteiger partial charge in [-0.25, -0.2) is 9.59 Å². The number of thiophene rings is 1. The van der Waals surface area contributed by atoms with Crippen molar-refractivity contribution in [1.29, 1.82) is 0 Å². The van der Waals surface area contributed by atoms with Crippen LogP contribution in [-0.2, 0) is 11.3 Å². The van der Waals surface area contributed by atoms with Crippen LogP contribution in [0.1, 0.15) is 44.1 Å². The highest BCUT2D eigenvalue weighted by Gasteiger charge is 2.21. The van der Waals surface area contributed by atoms with Crippen LogP contribution in [0.5, 0.6) is 11.5 Å². The number of benzene rings is 2. The maximum absolute atomic E-state index is 13.3. The number of nitrogens with zero attached hydrogens (tertiary/aromatic N) is 1. The molecule has 2 aromatic carbocycles. The number of H-pyrrole nitrogens is 1. The van der Waals surface area contributed by atoms with Gasteiger partial charge in [-0.05, 0) is 48.4 Å². The van der Waals surface area contributed by atoms with Gasteiger partial charge in [0.15, 0.2) is 0 Å². The van der Waals surface area contributed by atoms with Crippen molar-refractivity contribution in [3.05, 3.63) is 90.9 Å². The molecule has 2 N–H and O–H groups in total. The molecule has 0 aliphatic carbocycles. The van der Waals surface area contributed by atoms with Gasteiger partial charge in [-0.3, -0.25) is 19.1 Å². The number of carbonyl (C=O) groups excluding carboxylic acids is 2. The van der Waals surface area contributed by atoms with Crippen molar-refractivity contribution in [1.82, 2.24) is 14.9 Å². The molecule has 2 heterocycles. The second-order valence-electron chi connectivity index (χ2n) is 8.12. The minimum absolute atomic E-state index is 0.222. The van der Waals surface area contributed by atoms with Gasteiger partial charge in [0.05, 0.1) is 37.6 Å². The van der Waals surface area contributed by atoms with E-state index in [0.717, 1.165) is 21.5 Å². The van der Waals surface area contributed by atoms with E-state index in [0.29, 0.717) is 21.0 Å². The van der Waals surface area contributed by atoms with E-state index >= 15 is 0 Å². The van der Waals surface area contributed by atoms with E-state index in [1.165, 1.54) is 26.4 Å². The molecule has 192 valence electrons. The van der Waals surface area contributed by atoms with Crippen molar-refractivity contribution in [3.63, 3.8) is 0 Å². The third kappa shape index (κ3) is 5.12. The van der Waals surface area contributed by atoms with Gasteiger partial charge in [0.1, 0.15) is 21.9 Å². The third-order valence-electron chi connectivity index (χ3n) is 5.93. The van der Waals surface area contributed by atoms with Crippen molar-refractivity contribution in [3.8, 4) is 11.5 Å². The molecule has 1 atom stereocenters. The fraction of sp³-hybridized carbons (Fsp3) is 0.231. The summed E-state index contributed by atoms with van der Waals surface area (Å²) in [5.41, 5.74) is 0.492. The van der Waals surface area contributed by atoms with Crippen LogP contribution >= 0.6 is 11.3 Å². The SMILES string of the molecule is COC(=O)c1ccc(C(C)n2c(=O)[nH]c3sc(C(=O)NCc4cccc(OC)c4)cc3c2=O)cc1OC. The van der Waals surface area contributed by atoms with Gasteiger partial charge >= 0.3 is 11.7 Å². The first-order valence-electron chi connectivity index (χ1n) is 11.2. The molecule has 10 nitrogen and oxygen atoms in total. The van der Waals surface area contributed by atoms with Crippen molar-refractivity contribution >= 4 is 33.4 Å². The Hall–Kier alpha value is -4.38. The minimum Gasteiger partial charge on any atom is -0.497 e. The highest BCUT2D eigenvalue weighted by atomic mass is 32.1. The molecule has 1 amide bonds. The molecule has 0 aliphatic heterocycles. The lowest BCUT2D eigenvalue weighted by Crippen LogP contribution is -2.37. The number of rotatable bonds is 8. The zero-order valence-corrected chi connectivity index (χ0v) is 21.4. The number of amides is 1. The van der Waals surface area contributed by atoms with Crippen LogP contribution in [0.2, 0.25) is 0 Å². The number of methoxy groups -OCH3 is 3. The van der Waals surface area contributed by atoms with Crippen LogP contribution < -0.4 is 26.0 Å². The minimum atomic E-state index is -0.688. The molecule has 1 unspecified atom stereocenters. The smallest absolute Gasteiger partial charge is 0.341 e. The van der Waals surface area contributed by atoms with E-state index in [4.69, 9.17) is 14.2 Å². The predicted molar refractivity (Wildman–Crippen MR) is 139 cm³/mol. The summed E-state index contributed by atoms with van der Waals surface area (Å²) in [7, 11) is 4.24. The summed E-state index contributed by atoms with van der Waals surface area (Å²) < 4.78 is 16.3. The Bertz CT molecular complexity index is 1600. The van der Waals surface area contributed by atoms with Gasteiger partial charge < -0.3 is 19.5 Å². The van der Waals surface area contributed by atoms with E-state index in [1.54, 1.807) is 26.2 Å². The summed E-state index contributed by atoms with van der Waals surface area (Å²) in [6.07, 6.45) is 0. The molecule has 11 heteroatoms. The van der Waals surface area contributed by atoms with Gasteiger partial charge in [0, 0.05) is 6.54 Å². The number of fused-ring (bicyclic) bond motifs is 1. The van der Waals surface area contributed by atoms with Crippen molar-refractivity contribution in [2.45, 2.75) is 19.5 Å². The van der Waals surface area contributed by atoms with Gasteiger partial charge in [0.25, 0.3) is 11.5 Å². The Morgan fingerprint density at radius 3 is 2.54 bits per heavy atom. The molecule has 0 saturated heterocycles. The fourth-order valence-electron chi connectivity index (χ4n) is 3.93. The number of aromatic nitrogens is 2. The Morgan fingerprint density at radius 2 is 1.84 bits per heavy atom. The maximum atomic E-state index is 13.3. The summed E-state index contributed by atoms with van der Waals surface area (Å²) in [4.78, 5) is 54.3. The molecular formula is C26H25N3O7S. The van der Waals surface area contributed by atoms with Crippen LogP contribution in [-0.4, -0.2) is 42.8 Å². The lowest BCUT2D eigenvalue weighted by molar-refractivity contribution is 0.0597. The number of ether oxygens (including phenoxy) is 3. The van der Waals surface area contributed by atoms with Crippen LogP contribution in [0, 0.1) is 0 Å². The number of esters is 1. The molecule has 0 spiro atoms. The Labute approximate surface area is 215 Å². The molecule has 0 fully saturated rings. The average molecular weight is 524 g/mol. The lowest BCUT2D eigenvalue weighted by atomic mass is 10.0. The van der Waals surface area contributed by atoms with E-state index < -0.39 is 23.3 Å². The Kier molecular flexibility index (Phi) is 7.44. The molecule has 2 aromatic heterocycles. The summed E-state index contributed by atoms with van der Waals surface area (Å²) in [5.74, 6) is 0.000617. The van der Waals surface area contributed by atoms with Gasteiger partial charge in [-0.1, -0.05) is 18.2 Å². The number of hydrogen-bond donors (Lipinski definition) is 2. The zero-order chi connectivity index (χ0) is 26.7. The topological polar surface area (TPSA) is 129 Å². The summed E-state index contributed by atoms with van der Waals surface area (Å²) in [6.45, 7) is 1.95. The number of hydrogen-bond acceptors (Lipinski definition) is 8. The highest BCUT2D eigenvalue weighted by molar-refractivity contribution is 7.20. The quantitative estimate of drug-likeness (QED) is 0.340. The monoisotopic (exact) mass is 523 g/mol. The molecule has 37 heavy (non-hydrogen) atoms. The van der Waals surface area contributed by atoms with Gasteiger partial charge in [-0.15, -0.1) is 11.3 Å². The maximum Gasteiger partial charge on any atom is 0.341 e. The molecular weight excluding hydrogens is 498 g/mol. The second-order valence-corrected chi connectivity index (χ2v) is 9.17. The summed E-state index contributed by atoms with van der Waals surface area (Å²) in [6, 6.07) is 12.8. The van der Waals surface area contributed by atoms with Crippen LogP contribution in [0.25, 0.3) is 10.2 Å². The molecule has 0 saturated carbocycles. The molecule has 0 aliphatic rings. The second kappa shape index (κ2) is 10.7. The molecule has 4 aromatic rings. The van der Waals surface area contributed by atoms with Crippen molar-refractivity contribution in [2.75, 3.05) is 21.3 Å². The Morgan fingerprint density at radius 1 is 1.05 bits per heavy atom. The average Bonchev–Trinajstić information content (AvgIpc) is 3.35. The van der Waals surface area contributed by atoms with Crippen LogP contribution in [0.4, 0.5) is 0 Å². The van der Waals surface area contributed by atoms with Gasteiger partial charge in [0.2, 0.25) is 0 Å². The fourth-order valence-corrected chi connectivity index (χ4v) is 4.89. The molecule has 0 bridgehead atoms. The first-order valence-corrected chi connectivity index (χ1v) is 12.0. The normalized spacial score (nSPS) is 11.7. The van der Waals surface area contributed by atoms with Crippen molar-refractivity contribution in [2.24, 2.45) is 0 Å². The van der Waals surface area contributed by atoms with Crippen LogP contribution in [0.3, 0.4) is 0 Å². The van der Waals surface area contributed by atoms with E-state index in [9.17, 15) is 19.2 Å². The number of aromatic amines is 1. The first kappa shape index (κ1) is 25.7. The van der Waals surface area contributed by atoms with Crippen LogP contribution in [0.15, 0.2) is 58.1 Å². The molecule has 0 radical (unpaired) electrons. The third-order valence-corrected chi connectivity index (χ3v) is 6.98. The number of carbonyl (C=O) groups is 2. The Balaban J connectivity index is 1.63. The molecule has 4 rings (SSSR count). The van der Waals surface area contributed by atoms with E-state index in [2.05, 4.69) is 10.3 Å².